The molecule has 0 N–H and O–H groups in total. The Morgan fingerprint density at radius 1 is 1.10 bits per heavy atom. The lowest BCUT2D eigenvalue weighted by Gasteiger charge is -2.34. The first-order valence-corrected chi connectivity index (χ1v) is 8.15. The van der Waals surface area contributed by atoms with Crippen molar-refractivity contribution < 1.29 is 0 Å². The summed E-state index contributed by atoms with van der Waals surface area (Å²) in [5.74, 6) is 1.80. The van der Waals surface area contributed by atoms with Crippen LogP contribution in [0.2, 0.25) is 0 Å². The van der Waals surface area contributed by atoms with E-state index in [4.69, 9.17) is 4.98 Å². The van der Waals surface area contributed by atoms with E-state index in [1.165, 1.54) is 31.8 Å². The fraction of sp³-hybridized carbons (Fsp3) is 0.647. The first-order valence-electron chi connectivity index (χ1n) is 8.15. The number of nitrogens with zero attached hydrogens (tertiary/aromatic N) is 4. The number of hydrogen-bond donors (Lipinski definition) is 0. The van der Waals surface area contributed by atoms with E-state index < -0.39 is 0 Å². The van der Waals surface area contributed by atoms with E-state index in [0.717, 1.165) is 11.2 Å². The van der Waals surface area contributed by atoms with Crippen LogP contribution in [0.1, 0.15) is 58.3 Å². The molecule has 1 saturated heterocycles. The Bertz CT molecular complexity index is 606. The molecule has 0 aromatic carbocycles. The fourth-order valence-electron chi connectivity index (χ4n) is 3.42. The van der Waals surface area contributed by atoms with Gasteiger partial charge in [0.2, 0.25) is 0 Å². The van der Waals surface area contributed by atoms with Crippen molar-refractivity contribution in [3.63, 3.8) is 0 Å². The predicted molar refractivity (Wildman–Crippen MR) is 86.6 cm³/mol. The van der Waals surface area contributed by atoms with Gasteiger partial charge in [0.05, 0.1) is 0 Å². The Balaban J connectivity index is 1.92. The van der Waals surface area contributed by atoms with Crippen LogP contribution < -0.4 is 0 Å². The number of piperidine rings is 1. The van der Waals surface area contributed by atoms with Crippen LogP contribution in [-0.2, 0) is 0 Å². The maximum atomic E-state index is 4.91. The number of likely N-dealkylation sites (tertiary alicyclic amines) is 1. The number of fused-ring (bicyclic) bond motifs is 1. The smallest absolute Gasteiger partial charge is 0.160 e. The van der Waals surface area contributed by atoms with Gasteiger partial charge in [0, 0.05) is 24.2 Å². The maximum absolute atomic E-state index is 4.91. The molecular weight excluding hydrogens is 260 g/mol. The average Bonchev–Trinajstić information content (AvgIpc) is 2.86. The Labute approximate surface area is 127 Å². The van der Waals surface area contributed by atoms with Gasteiger partial charge in [-0.15, -0.1) is 0 Å². The molecule has 0 spiro atoms. The second kappa shape index (κ2) is 5.76. The van der Waals surface area contributed by atoms with E-state index in [1.54, 1.807) is 0 Å². The Kier molecular flexibility index (Phi) is 3.98. The molecule has 3 rings (SSSR count). The van der Waals surface area contributed by atoms with Crippen LogP contribution in [0.4, 0.5) is 0 Å². The van der Waals surface area contributed by atoms with Gasteiger partial charge in [0.25, 0.3) is 0 Å². The monoisotopic (exact) mass is 286 g/mol. The van der Waals surface area contributed by atoms with Crippen molar-refractivity contribution in [2.24, 2.45) is 0 Å². The van der Waals surface area contributed by atoms with Crippen LogP contribution >= 0.6 is 0 Å². The van der Waals surface area contributed by atoms with Crippen molar-refractivity contribution in [3.05, 3.63) is 24.2 Å². The third kappa shape index (κ3) is 2.69. The third-order valence-electron chi connectivity index (χ3n) is 4.62. The van der Waals surface area contributed by atoms with Crippen LogP contribution in [0, 0.1) is 0 Å². The topological polar surface area (TPSA) is 34.0 Å². The molecule has 2 aromatic rings. The summed E-state index contributed by atoms with van der Waals surface area (Å²) in [7, 11) is 0. The van der Waals surface area contributed by atoms with Crippen molar-refractivity contribution in [2.75, 3.05) is 13.1 Å². The van der Waals surface area contributed by atoms with Gasteiger partial charge in [-0.2, -0.15) is 0 Å². The lowest BCUT2D eigenvalue weighted by molar-refractivity contribution is 0.168. The van der Waals surface area contributed by atoms with Gasteiger partial charge >= 0.3 is 0 Å². The van der Waals surface area contributed by atoms with Crippen molar-refractivity contribution in [1.29, 1.82) is 0 Å². The van der Waals surface area contributed by atoms with Crippen LogP contribution in [0.3, 0.4) is 0 Å². The highest BCUT2D eigenvalue weighted by Crippen LogP contribution is 2.32. The summed E-state index contributed by atoms with van der Waals surface area (Å²) in [6.07, 6.45) is 4.27. The van der Waals surface area contributed by atoms with Gasteiger partial charge in [-0.1, -0.05) is 0 Å². The minimum Gasteiger partial charge on any atom is -0.310 e. The standard InChI is InChI=1S/C17H26N4/c1-12(2)20-10-7-14(8-11-20)16-19-15-6-5-9-18-17(15)21(16)13(3)4/h5-6,9,12-14H,7-8,10-11H2,1-4H3. The second-order valence-corrected chi connectivity index (χ2v) is 6.68. The third-order valence-corrected chi connectivity index (χ3v) is 4.62. The van der Waals surface area contributed by atoms with Gasteiger partial charge in [-0.05, 0) is 65.8 Å². The molecule has 4 heteroatoms. The van der Waals surface area contributed by atoms with Gasteiger partial charge < -0.3 is 9.47 Å². The van der Waals surface area contributed by atoms with Crippen LogP contribution in [-0.4, -0.2) is 38.6 Å². The molecule has 0 bridgehead atoms. The molecule has 4 nitrogen and oxygen atoms in total. The Hall–Kier alpha value is -1.42. The first-order chi connectivity index (χ1) is 10.1. The first kappa shape index (κ1) is 14.5. The molecule has 1 aliphatic heterocycles. The molecule has 0 amide bonds. The zero-order valence-corrected chi connectivity index (χ0v) is 13.6. The number of aromatic nitrogens is 3. The number of hydrogen-bond acceptors (Lipinski definition) is 3. The summed E-state index contributed by atoms with van der Waals surface area (Å²) >= 11 is 0. The van der Waals surface area contributed by atoms with Crippen molar-refractivity contribution >= 4 is 11.2 Å². The molecule has 2 aromatic heterocycles. The van der Waals surface area contributed by atoms with Crippen LogP contribution in [0.5, 0.6) is 0 Å². The Morgan fingerprint density at radius 3 is 2.43 bits per heavy atom. The predicted octanol–water partition coefficient (Wildman–Crippen LogP) is 3.60. The van der Waals surface area contributed by atoms with Crippen molar-refractivity contribution in [1.82, 2.24) is 19.4 Å². The summed E-state index contributed by atoms with van der Waals surface area (Å²) in [4.78, 5) is 12.0. The van der Waals surface area contributed by atoms with E-state index in [0.29, 0.717) is 18.0 Å². The SMILES string of the molecule is CC(C)N1CCC(c2nc3cccnc3n2C(C)C)CC1. The summed E-state index contributed by atoms with van der Waals surface area (Å²) in [5, 5.41) is 0. The van der Waals surface area contributed by atoms with Crippen LogP contribution in [0.15, 0.2) is 18.3 Å². The van der Waals surface area contributed by atoms with Crippen molar-refractivity contribution in [2.45, 2.75) is 58.5 Å². The van der Waals surface area contributed by atoms with Crippen LogP contribution in [0.25, 0.3) is 11.2 Å². The molecular formula is C17H26N4. The summed E-state index contributed by atoms with van der Waals surface area (Å²) in [5.41, 5.74) is 2.07. The van der Waals surface area contributed by atoms with E-state index in [-0.39, 0.29) is 0 Å². The number of pyridine rings is 1. The quantitative estimate of drug-likeness (QED) is 0.864. The molecule has 0 unspecified atom stereocenters. The van der Waals surface area contributed by atoms with Gasteiger partial charge in [-0.3, -0.25) is 0 Å². The molecule has 1 aliphatic rings. The molecule has 0 saturated carbocycles. The highest BCUT2D eigenvalue weighted by molar-refractivity contribution is 5.71. The average molecular weight is 286 g/mol. The van der Waals surface area contributed by atoms with E-state index in [9.17, 15) is 0 Å². The fourth-order valence-corrected chi connectivity index (χ4v) is 3.42. The Morgan fingerprint density at radius 2 is 1.81 bits per heavy atom. The highest BCUT2D eigenvalue weighted by atomic mass is 15.2. The zero-order chi connectivity index (χ0) is 15.0. The maximum Gasteiger partial charge on any atom is 0.160 e. The molecule has 0 atom stereocenters. The zero-order valence-electron chi connectivity index (χ0n) is 13.6. The second-order valence-electron chi connectivity index (χ2n) is 6.68. The molecule has 0 radical (unpaired) electrons. The highest BCUT2D eigenvalue weighted by Gasteiger charge is 2.27. The molecule has 0 aliphatic carbocycles. The lowest BCUT2D eigenvalue weighted by atomic mass is 9.95. The minimum atomic E-state index is 0.406. The van der Waals surface area contributed by atoms with E-state index >= 15 is 0 Å². The van der Waals surface area contributed by atoms with E-state index in [2.05, 4.69) is 48.2 Å². The van der Waals surface area contributed by atoms with Gasteiger partial charge in [0.15, 0.2) is 5.65 Å². The summed E-state index contributed by atoms with van der Waals surface area (Å²) < 4.78 is 2.34. The lowest BCUT2D eigenvalue weighted by Crippen LogP contribution is -2.38. The minimum absolute atomic E-state index is 0.406. The molecule has 1 fully saturated rings. The molecule has 21 heavy (non-hydrogen) atoms. The number of imidazole rings is 1. The molecule has 114 valence electrons. The normalized spacial score (nSPS) is 18.2. The largest absolute Gasteiger partial charge is 0.310 e. The van der Waals surface area contributed by atoms with Crippen molar-refractivity contribution in [3.8, 4) is 0 Å². The van der Waals surface area contributed by atoms with E-state index in [1.807, 2.05) is 12.3 Å². The summed E-state index contributed by atoms with van der Waals surface area (Å²) in [6.45, 7) is 11.4. The van der Waals surface area contributed by atoms with Gasteiger partial charge in [-0.25, -0.2) is 9.97 Å². The number of rotatable bonds is 3. The summed E-state index contributed by atoms with van der Waals surface area (Å²) in [6, 6.07) is 5.11. The molecule has 3 heterocycles. The van der Waals surface area contributed by atoms with Gasteiger partial charge in [0.1, 0.15) is 11.3 Å².